The van der Waals surface area contributed by atoms with Crippen molar-refractivity contribution in [2.45, 2.75) is 65.1 Å². The minimum Gasteiger partial charge on any atom is -0.497 e. The molecule has 0 unspecified atom stereocenters. The molecule has 0 aliphatic carbocycles. The van der Waals surface area contributed by atoms with Gasteiger partial charge in [-0.15, -0.1) is 0 Å². The molecule has 3 aromatic rings. The fraction of sp³-hybridized carbons (Fsp3) is 0.387. The molecule has 38 heavy (non-hydrogen) atoms. The standard InChI is InChI=1S/C31H37N3O4/c1-5-21(3)32-30(36)26(6-2)34(20-22-15-17-24(38-4)18-16-22)28(35)14-9-19-33-27-13-8-11-23-10-7-12-25(29(23)27)31(33)37/h7-8,10-13,15-18,21,26H,5-6,9,14,19-20H2,1-4H3,(H,32,36)/t21-,26-/m0/s1. The summed E-state index contributed by atoms with van der Waals surface area (Å²) in [4.78, 5) is 43.3. The lowest BCUT2D eigenvalue weighted by Gasteiger charge is -2.32. The summed E-state index contributed by atoms with van der Waals surface area (Å²) in [6, 6.07) is 18.7. The molecule has 1 N–H and O–H groups in total. The first-order valence-electron chi connectivity index (χ1n) is 13.4. The van der Waals surface area contributed by atoms with Gasteiger partial charge in [-0.25, -0.2) is 0 Å². The predicted molar refractivity (Wildman–Crippen MR) is 150 cm³/mol. The van der Waals surface area contributed by atoms with E-state index in [0.717, 1.165) is 34.2 Å². The number of amides is 3. The minimum absolute atomic E-state index is 0.0278. The lowest BCUT2D eigenvalue weighted by Crippen LogP contribution is -2.50. The second-order valence-corrected chi connectivity index (χ2v) is 9.85. The van der Waals surface area contributed by atoms with Crippen LogP contribution >= 0.6 is 0 Å². The molecule has 1 heterocycles. The lowest BCUT2D eigenvalue weighted by molar-refractivity contribution is -0.141. The third-order valence-electron chi connectivity index (χ3n) is 7.32. The average Bonchev–Trinajstić information content (AvgIpc) is 3.21. The zero-order valence-electron chi connectivity index (χ0n) is 22.7. The van der Waals surface area contributed by atoms with E-state index in [9.17, 15) is 14.4 Å². The molecule has 4 rings (SSSR count). The van der Waals surface area contributed by atoms with Gasteiger partial charge in [0.2, 0.25) is 11.8 Å². The number of hydrogen-bond donors (Lipinski definition) is 1. The first kappa shape index (κ1) is 27.2. The van der Waals surface area contributed by atoms with Crippen LogP contribution in [0.2, 0.25) is 0 Å². The highest BCUT2D eigenvalue weighted by atomic mass is 16.5. The Labute approximate surface area is 224 Å². The number of rotatable bonds is 12. The highest BCUT2D eigenvalue weighted by Gasteiger charge is 2.31. The Morgan fingerprint density at radius 1 is 1.00 bits per heavy atom. The van der Waals surface area contributed by atoms with Crippen LogP contribution in [0.15, 0.2) is 60.7 Å². The third kappa shape index (κ3) is 5.67. The summed E-state index contributed by atoms with van der Waals surface area (Å²) in [5.74, 6) is 0.466. The molecule has 3 amide bonds. The van der Waals surface area contributed by atoms with Gasteiger partial charge in [-0.1, -0.05) is 50.2 Å². The van der Waals surface area contributed by atoms with Crippen molar-refractivity contribution in [2.24, 2.45) is 0 Å². The van der Waals surface area contributed by atoms with Crippen LogP contribution in [0.1, 0.15) is 62.4 Å². The molecular formula is C31H37N3O4. The molecule has 0 saturated carbocycles. The van der Waals surface area contributed by atoms with Gasteiger partial charge in [0.05, 0.1) is 12.8 Å². The van der Waals surface area contributed by atoms with Crippen LogP contribution in [0, 0.1) is 0 Å². The number of carbonyl (C=O) groups is 3. The fourth-order valence-electron chi connectivity index (χ4n) is 5.02. The summed E-state index contributed by atoms with van der Waals surface area (Å²) >= 11 is 0. The van der Waals surface area contributed by atoms with Crippen molar-refractivity contribution in [3.8, 4) is 5.75 Å². The van der Waals surface area contributed by atoms with Crippen molar-refractivity contribution in [1.29, 1.82) is 0 Å². The molecule has 7 heteroatoms. The number of nitrogens with zero attached hydrogens (tertiary/aromatic N) is 2. The molecule has 0 radical (unpaired) electrons. The average molecular weight is 516 g/mol. The zero-order valence-corrected chi connectivity index (χ0v) is 22.7. The summed E-state index contributed by atoms with van der Waals surface area (Å²) in [6.07, 6.45) is 2.05. The van der Waals surface area contributed by atoms with Crippen molar-refractivity contribution in [2.75, 3.05) is 18.6 Å². The van der Waals surface area contributed by atoms with Crippen LogP contribution in [-0.4, -0.2) is 48.4 Å². The van der Waals surface area contributed by atoms with Crippen molar-refractivity contribution in [3.05, 3.63) is 71.8 Å². The first-order valence-corrected chi connectivity index (χ1v) is 13.4. The van der Waals surface area contributed by atoms with Crippen LogP contribution in [0.3, 0.4) is 0 Å². The summed E-state index contributed by atoms with van der Waals surface area (Å²) in [6.45, 7) is 6.67. The van der Waals surface area contributed by atoms with E-state index in [1.54, 1.807) is 16.9 Å². The van der Waals surface area contributed by atoms with Crippen molar-refractivity contribution in [3.63, 3.8) is 0 Å². The first-order chi connectivity index (χ1) is 18.4. The Balaban J connectivity index is 1.49. The van der Waals surface area contributed by atoms with E-state index in [4.69, 9.17) is 4.74 Å². The summed E-state index contributed by atoms with van der Waals surface area (Å²) in [7, 11) is 1.61. The van der Waals surface area contributed by atoms with E-state index >= 15 is 0 Å². The van der Waals surface area contributed by atoms with Crippen LogP contribution in [-0.2, 0) is 16.1 Å². The van der Waals surface area contributed by atoms with E-state index in [1.807, 2.05) is 81.4 Å². The maximum Gasteiger partial charge on any atom is 0.258 e. The van der Waals surface area contributed by atoms with Gasteiger partial charge in [0, 0.05) is 36.5 Å². The molecule has 2 atom stereocenters. The molecule has 0 bridgehead atoms. The van der Waals surface area contributed by atoms with E-state index in [-0.39, 0.29) is 30.2 Å². The van der Waals surface area contributed by atoms with Gasteiger partial charge in [-0.05, 0) is 61.4 Å². The number of benzene rings is 3. The van der Waals surface area contributed by atoms with Gasteiger partial charge in [-0.3, -0.25) is 14.4 Å². The van der Waals surface area contributed by atoms with Gasteiger partial charge in [0.15, 0.2) is 0 Å². The maximum absolute atomic E-state index is 13.6. The van der Waals surface area contributed by atoms with E-state index in [0.29, 0.717) is 31.5 Å². The normalized spacial score (nSPS) is 13.9. The maximum atomic E-state index is 13.6. The largest absolute Gasteiger partial charge is 0.497 e. The van der Waals surface area contributed by atoms with E-state index in [2.05, 4.69) is 5.32 Å². The summed E-state index contributed by atoms with van der Waals surface area (Å²) < 4.78 is 5.26. The Hall–Kier alpha value is -3.87. The van der Waals surface area contributed by atoms with Gasteiger partial charge in [0.25, 0.3) is 5.91 Å². The molecule has 200 valence electrons. The molecular weight excluding hydrogens is 478 g/mol. The fourth-order valence-corrected chi connectivity index (χ4v) is 5.02. The number of anilines is 1. The second kappa shape index (κ2) is 12.1. The van der Waals surface area contributed by atoms with Gasteiger partial charge >= 0.3 is 0 Å². The molecule has 0 aromatic heterocycles. The Kier molecular flexibility index (Phi) is 8.66. The molecule has 0 fully saturated rings. The number of hydrogen-bond acceptors (Lipinski definition) is 4. The minimum atomic E-state index is -0.579. The quantitative estimate of drug-likeness (QED) is 0.355. The topological polar surface area (TPSA) is 79.0 Å². The number of carbonyl (C=O) groups excluding carboxylic acids is 3. The number of nitrogens with one attached hydrogen (secondary N) is 1. The molecule has 1 aliphatic rings. The van der Waals surface area contributed by atoms with Gasteiger partial charge in [0.1, 0.15) is 11.8 Å². The van der Waals surface area contributed by atoms with E-state index < -0.39 is 6.04 Å². The van der Waals surface area contributed by atoms with Crippen LogP contribution in [0.25, 0.3) is 10.8 Å². The van der Waals surface area contributed by atoms with Crippen LogP contribution < -0.4 is 15.0 Å². The van der Waals surface area contributed by atoms with Crippen molar-refractivity contribution in [1.82, 2.24) is 10.2 Å². The Morgan fingerprint density at radius 3 is 2.37 bits per heavy atom. The molecule has 3 aromatic carbocycles. The highest BCUT2D eigenvalue weighted by Crippen LogP contribution is 2.37. The predicted octanol–water partition coefficient (Wildman–Crippen LogP) is 5.31. The molecule has 0 saturated heterocycles. The van der Waals surface area contributed by atoms with Crippen LogP contribution in [0.5, 0.6) is 5.75 Å². The van der Waals surface area contributed by atoms with Crippen LogP contribution in [0.4, 0.5) is 5.69 Å². The van der Waals surface area contributed by atoms with E-state index in [1.165, 1.54) is 0 Å². The van der Waals surface area contributed by atoms with Gasteiger partial charge < -0.3 is 19.9 Å². The number of ether oxygens (including phenoxy) is 1. The smallest absolute Gasteiger partial charge is 0.258 e. The molecule has 1 aliphatic heterocycles. The third-order valence-corrected chi connectivity index (χ3v) is 7.32. The number of methoxy groups -OCH3 is 1. The second-order valence-electron chi connectivity index (χ2n) is 9.85. The van der Waals surface area contributed by atoms with Crippen molar-refractivity contribution >= 4 is 34.2 Å². The highest BCUT2D eigenvalue weighted by molar-refractivity contribution is 6.25. The Bertz CT molecular complexity index is 1300. The molecule has 7 nitrogen and oxygen atoms in total. The van der Waals surface area contributed by atoms with Gasteiger partial charge in [-0.2, -0.15) is 0 Å². The molecule has 0 spiro atoms. The zero-order chi connectivity index (χ0) is 27.2. The SMILES string of the molecule is CC[C@H](C)NC(=O)[C@H](CC)N(Cc1ccc(OC)cc1)C(=O)CCCN1C(=O)c2cccc3cccc1c23. The lowest BCUT2D eigenvalue weighted by atomic mass is 10.1. The Morgan fingerprint density at radius 2 is 1.71 bits per heavy atom. The summed E-state index contributed by atoms with van der Waals surface area (Å²) in [5, 5.41) is 5.05. The monoisotopic (exact) mass is 515 g/mol. The summed E-state index contributed by atoms with van der Waals surface area (Å²) in [5.41, 5.74) is 2.52. The van der Waals surface area contributed by atoms with Crippen molar-refractivity contribution < 1.29 is 19.1 Å².